The molecule has 0 saturated heterocycles. The van der Waals surface area contributed by atoms with Crippen LogP contribution >= 0.6 is 0 Å². The van der Waals surface area contributed by atoms with Crippen LogP contribution in [-0.2, 0) is 13.2 Å². The molecule has 3 heteroatoms. The molecule has 0 spiro atoms. The number of aryl methyl sites for hydroxylation is 1. The van der Waals surface area contributed by atoms with Crippen LogP contribution in [0.25, 0.3) is 0 Å². The Morgan fingerprint density at radius 3 is 2.81 bits per heavy atom. The summed E-state index contributed by atoms with van der Waals surface area (Å²) in [5, 5.41) is 3.47. The summed E-state index contributed by atoms with van der Waals surface area (Å²) in [5.41, 5.74) is 3.55. The highest BCUT2D eigenvalue weighted by atomic mass is 16.5. The summed E-state index contributed by atoms with van der Waals surface area (Å²) in [6, 6.07) is 10.3. The van der Waals surface area contributed by atoms with Crippen molar-refractivity contribution in [1.29, 1.82) is 0 Å². The lowest BCUT2D eigenvalue weighted by atomic mass is 10.1. The molecule has 0 aliphatic carbocycles. The summed E-state index contributed by atoms with van der Waals surface area (Å²) in [7, 11) is 0. The lowest BCUT2D eigenvalue weighted by molar-refractivity contribution is 0.301. The maximum Gasteiger partial charge on any atom is 0.124 e. The average molecular weight is 284 g/mol. The summed E-state index contributed by atoms with van der Waals surface area (Å²) in [6.45, 7) is 8.93. The van der Waals surface area contributed by atoms with Gasteiger partial charge in [0.05, 0.1) is 0 Å². The van der Waals surface area contributed by atoms with Crippen molar-refractivity contribution in [2.45, 2.75) is 33.9 Å². The molecule has 1 aromatic carbocycles. The van der Waals surface area contributed by atoms with Crippen molar-refractivity contribution in [1.82, 2.24) is 10.3 Å². The van der Waals surface area contributed by atoms with Crippen LogP contribution < -0.4 is 10.1 Å². The molecule has 1 aromatic heterocycles. The third-order valence-corrected chi connectivity index (χ3v) is 3.20. The number of nitrogens with zero attached hydrogens (tertiary/aromatic N) is 1. The molecule has 0 radical (unpaired) electrons. The summed E-state index contributed by atoms with van der Waals surface area (Å²) >= 11 is 0. The van der Waals surface area contributed by atoms with E-state index < -0.39 is 0 Å². The molecule has 0 fully saturated rings. The van der Waals surface area contributed by atoms with Crippen molar-refractivity contribution in [3.05, 3.63) is 59.4 Å². The maximum atomic E-state index is 5.96. The molecule has 1 heterocycles. The van der Waals surface area contributed by atoms with Gasteiger partial charge in [-0.05, 0) is 31.5 Å². The number of nitrogens with one attached hydrogen (secondary N) is 1. The molecule has 2 aromatic rings. The zero-order chi connectivity index (χ0) is 15.1. The van der Waals surface area contributed by atoms with Crippen LogP contribution in [0, 0.1) is 12.8 Å². The normalized spacial score (nSPS) is 10.9. The van der Waals surface area contributed by atoms with Crippen molar-refractivity contribution >= 4 is 0 Å². The second kappa shape index (κ2) is 7.79. The van der Waals surface area contributed by atoms with Gasteiger partial charge < -0.3 is 10.1 Å². The largest absolute Gasteiger partial charge is 0.489 e. The Kier molecular flexibility index (Phi) is 5.76. The number of hydrogen-bond donors (Lipinski definition) is 1. The average Bonchev–Trinajstić information content (AvgIpc) is 2.47. The quantitative estimate of drug-likeness (QED) is 0.841. The number of aromatic nitrogens is 1. The second-order valence-electron chi connectivity index (χ2n) is 5.79. The smallest absolute Gasteiger partial charge is 0.124 e. The number of rotatable bonds is 7. The van der Waals surface area contributed by atoms with E-state index >= 15 is 0 Å². The number of benzene rings is 1. The fourth-order valence-corrected chi connectivity index (χ4v) is 2.13. The highest BCUT2D eigenvalue weighted by molar-refractivity contribution is 5.37. The molecule has 3 nitrogen and oxygen atoms in total. The minimum absolute atomic E-state index is 0.550. The molecule has 0 aliphatic rings. The van der Waals surface area contributed by atoms with Crippen LogP contribution in [0.5, 0.6) is 5.75 Å². The SMILES string of the molecule is Cc1ccc(OCc2cccnc2)c(CNCC(C)C)c1. The lowest BCUT2D eigenvalue weighted by Crippen LogP contribution is -2.19. The van der Waals surface area contributed by atoms with Crippen LogP contribution in [0.3, 0.4) is 0 Å². The molecule has 2 rings (SSSR count). The first-order chi connectivity index (χ1) is 10.1. The van der Waals surface area contributed by atoms with Gasteiger partial charge in [0.1, 0.15) is 12.4 Å². The predicted molar refractivity (Wildman–Crippen MR) is 86.3 cm³/mol. The Morgan fingerprint density at radius 2 is 2.10 bits per heavy atom. The Labute approximate surface area is 127 Å². The van der Waals surface area contributed by atoms with Gasteiger partial charge in [-0.15, -0.1) is 0 Å². The van der Waals surface area contributed by atoms with Gasteiger partial charge in [0, 0.05) is 30.1 Å². The van der Waals surface area contributed by atoms with Gasteiger partial charge in [-0.25, -0.2) is 0 Å². The summed E-state index contributed by atoms with van der Waals surface area (Å²) in [6.07, 6.45) is 3.61. The van der Waals surface area contributed by atoms with E-state index in [0.29, 0.717) is 12.5 Å². The van der Waals surface area contributed by atoms with E-state index in [1.807, 2.05) is 18.3 Å². The Hall–Kier alpha value is -1.87. The van der Waals surface area contributed by atoms with Gasteiger partial charge in [-0.2, -0.15) is 0 Å². The first kappa shape index (κ1) is 15.5. The fourth-order valence-electron chi connectivity index (χ4n) is 2.13. The van der Waals surface area contributed by atoms with Crippen LogP contribution in [0.2, 0.25) is 0 Å². The van der Waals surface area contributed by atoms with E-state index in [0.717, 1.165) is 24.4 Å². The standard InChI is InChI=1S/C18H24N2O/c1-14(2)10-20-12-17-9-15(3)6-7-18(17)21-13-16-5-4-8-19-11-16/h4-9,11,14,20H,10,12-13H2,1-3H3. The van der Waals surface area contributed by atoms with E-state index in [9.17, 15) is 0 Å². The topological polar surface area (TPSA) is 34.1 Å². The monoisotopic (exact) mass is 284 g/mol. The highest BCUT2D eigenvalue weighted by Crippen LogP contribution is 2.21. The fraction of sp³-hybridized carbons (Fsp3) is 0.389. The molecule has 21 heavy (non-hydrogen) atoms. The molecule has 0 aliphatic heterocycles. The lowest BCUT2D eigenvalue weighted by Gasteiger charge is -2.14. The van der Waals surface area contributed by atoms with Crippen LogP contribution in [0.4, 0.5) is 0 Å². The predicted octanol–water partition coefficient (Wildman–Crippen LogP) is 3.71. The van der Waals surface area contributed by atoms with Crippen LogP contribution in [-0.4, -0.2) is 11.5 Å². The van der Waals surface area contributed by atoms with E-state index in [1.165, 1.54) is 11.1 Å². The molecular weight excluding hydrogens is 260 g/mol. The van der Waals surface area contributed by atoms with Crippen molar-refractivity contribution in [3.63, 3.8) is 0 Å². The third kappa shape index (κ3) is 5.20. The van der Waals surface area contributed by atoms with E-state index in [1.54, 1.807) is 6.20 Å². The van der Waals surface area contributed by atoms with Crippen molar-refractivity contribution in [2.24, 2.45) is 5.92 Å². The Bertz CT molecular complexity index is 552. The molecule has 0 bridgehead atoms. The van der Waals surface area contributed by atoms with Gasteiger partial charge in [-0.3, -0.25) is 4.98 Å². The van der Waals surface area contributed by atoms with Crippen molar-refractivity contribution < 1.29 is 4.74 Å². The Balaban J connectivity index is 2.00. The van der Waals surface area contributed by atoms with Gasteiger partial charge in [0.2, 0.25) is 0 Å². The molecule has 1 N–H and O–H groups in total. The van der Waals surface area contributed by atoms with E-state index in [2.05, 4.69) is 49.3 Å². The molecule has 0 atom stereocenters. The first-order valence-corrected chi connectivity index (χ1v) is 7.47. The van der Waals surface area contributed by atoms with E-state index in [-0.39, 0.29) is 0 Å². The van der Waals surface area contributed by atoms with Gasteiger partial charge in [-0.1, -0.05) is 37.6 Å². The highest BCUT2D eigenvalue weighted by Gasteiger charge is 2.05. The second-order valence-corrected chi connectivity index (χ2v) is 5.79. The molecule has 0 amide bonds. The maximum absolute atomic E-state index is 5.96. The van der Waals surface area contributed by atoms with Crippen molar-refractivity contribution in [3.8, 4) is 5.75 Å². The first-order valence-electron chi connectivity index (χ1n) is 7.47. The third-order valence-electron chi connectivity index (χ3n) is 3.20. The summed E-state index contributed by atoms with van der Waals surface area (Å²) in [5.74, 6) is 1.59. The van der Waals surface area contributed by atoms with E-state index in [4.69, 9.17) is 4.74 Å². The zero-order valence-corrected chi connectivity index (χ0v) is 13.1. The Morgan fingerprint density at radius 1 is 1.24 bits per heavy atom. The van der Waals surface area contributed by atoms with Crippen LogP contribution in [0.1, 0.15) is 30.5 Å². The minimum Gasteiger partial charge on any atom is -0.489 e. The number of ether oxygens (including phenoxy) is 1. The van der Waals surface area contributed by atoms with Crippen molar-refractivity contribution in [2.75, 3.05) is 6.54 Å². The minimum atomic E-state index is 0.550. The zero-order valence-electron chi connectivity index (χ0n) is 13.1. The molecule has 0 unspecified atom stereocenters. The summed E-state index contributed by atoms with van der Waals surface area (Å²) in [4.78, 5) is 4.11. The molecule has 112 valence electrons. The van der Waals surface area contributed by atoms with Gasteiger partial charge in [0.25, 0.3) is 0 Å². The molecular formula is C18H24N2O. The summed E-state index contributed by atoms with van der Waals surface area (Å²) < 4.78 is 5.96. The molecule has 0 saturated carbocycles. The van der Waals surface area contributed by atoms with Gasteiger partial charge >= 0.3 is 0 Å². The van der Waals surface area contributed by atoms with Crippen LogP contribution in [0.15, 0.2) is 42.7 Å². The number of hydrogen-bond acceptors (Lipinski definition) is 3. The van der Waals surface area contributed by atoms with Gasteiger partial charge in [0.15, 0.2) is 0 Å². The number of pyridine rings is 1.